The molecule has 6 aliphatic rings. The van der Waals surface area contributed by atoms with Gasteiger partial charge in [-0.3, -0.25) is 4.79 Å². The lowest BCUT2D eigenvalue weighted by atomic mass is 9.36. The van der Waals surface area contributed by atoms with Gasteiger partial charge in [0, 0.05) is 23.9 Å². The van der Waals surface area contributed by atoms with Crippen molar-refractivity contribution in [1.29, 1.82) is 0 Å². The fourth-order valence-corrected chi connectivity index (χ4v) is 7.98. The minimum atomic E-state index is -2.13. The molecule has 6 heteroatoms. The van der Waals surface area contributed by atoms with Crippen LogP contribution >= 0.6 is 0 Å². The highest BCUT2D eigenvalue weighted by Crippen LogP contribution is 2.76. The molecule has 2 aliphatic heterocycles. The monoisotopic (exact) mass is 364 g/mol. The van der Waals surface area contributed by atoms with Gasteiger partial charge in [0.05, 0.1) is 12.7 Å². The molecule has 4 aliphatic carbocycles. The maximum atomic E-state index is 13.3. The second-order valence-corrected chi connectivity index (χ2v) is 9.71. The van der Waals surface area contributed by atoms with Crippen molar-refractivity contribution in [3.8, 4) is 0 Å². The van der Waals surface area contributed by atoms with Crippen LogP contribution in [0.1, 0.15) is 39.0 Å². The number of Topliss-reactive ketones (excluding diaryl/α,β-unsaturated/α-hetero) is 1. The summed E-state index contributed by atoms with van der Waals surface area (Å²) in [5.41, 5.74) is -2.25. The molecule has 6 nitrogen and oxygen atoms in total. The molecule has 4 N–H and O–H groups in total. The Morgan fingerprint density at radius 1 is 1.23 bits per heavy atom. The highest BCUT2D eigenvalue weighted by Gasteiger charge is 2.85. The van der Waals surface area contributed by atoms with Crippen LogP contribution in [-0.4, -0.2) is 57.4 Å². The van der Waals surface area contributed by atoms with Gasteiger partial charge < -0.3 is 25.2 Å². The molecule has 6 fully saturated rings. The molecule has 2 saturated heterocycles. The lowest BCUT2D eigenvalue weighted by Crippen LogP contribution is -2.84. The van der Waals surface area contributed by atoms with Crippen molar-refractivity contribution in [2.24, 2.45) is 34.0 Å². The van der Waals surface area contributed by atoms with Crippen molar-refractivity contribution in [3.63, 3.8) is 0 Å². The molecule has 144 valence electrons. The Labute approximate surface area is 152 Å². The van der Waals surface area contributed by atoms with Gasteiger partial charge in [0.2, 0.25) is 5.79 Å². The van der Waals surface area contributed by atoms with E-state index in [2.05, 4.69) is 6.58 Å². The van der Waals surface area contributed by atoms with E-state index in [9.17, 15) is 25.2 Å². The van der Waals surface area contributed by atoms with Gasteiger partial charge in [0.15, 0.2) is 5.78 Å². The zero-order valence-electron chi connectivity index (χ0n) is 15.1. The molecule has 2 spiro atoms. The molecule has 6 rings (SSSR count). The molecule has 0 aromatic heterocycles. The summed E-state index contributed by atoms with van der Waals surface area (Å²) >= 11 is 0. The number of fused-ring (bicyclic) bond motifs is 2. The van der Waals surface area contributed by atoms with Crippen LogP contribution in [-0.2, 0) is 9.53 Å². The fourth-order valence-electron chi connectivity index (χ4n) is 7.98. The number of carbonyl (C=O) groups is 1. The number of aliphatic hydroxyl groups is 4. The number of rotatable bonds is 1. The third kappa shape index (κ3) is 1.44. The first-order chi connectivity index (χ1) is 12.2. The maximum absolute atomic E-state index is 13.3. The highest BCUT2D eigenvalue weighted by atomic mass is 16.6. The molecule has 0 amide bonds. The lowest BCUT2D eigenvalue weighted by Gasteiger charge is -2.74. The first kappa shape index (κ1) is 17.3. The van der Waals surface area contributed by atoms with Crippen molar-refractivity contribution in [3.05, 3.63) is 12.2 Å². The SMILES string of the molecule is C=C1C(=O)[C@]23[C@@H](O)[C@H]1CC[C@H]2C12CCC[C@@](C)(CO)[C@H]1[C@H](O)C3(O)OC2. The second-order valence-electron chi connectivity index (χ2n) is 9.71. The van der Waals surface area contributed by atoms with Crippen molar-refractivity contribution in [2.75, 3.05) is 13.2 Å². The van der Waals surface area contributed by atoms with Gasteiger partial charge >= 0.3 is 0 Å². The van der Waals surface area contributed by atoms with Crippen LogP contribution < -0.4 is 0 Å². The van der Waals surface area contributed by atoms with E-state index in [1.165, 1.54) is 0 Å². The fraction of sp³-hybridized carbons (Fsp3) is 0.850. The van der Waals surface area contributed by atoms with Crippen LogP contribution in [0.15, 0.2) is 12.2 Å². The molecule has 0 aromatic rings. The van der Waals surface area contributed by atoms with Crippen LogP contribution in [0.2, 0.25) is 0 Å². The first-order valence-corrected chi connectivity index (χ1v) is 9.77. The number of aliphatic hydroxyl groups excluding tert-OH is 3. The van der Waals surface area contributed by atoms with E-state index in [0.29, 0.717) is 18.4 Å². The standard InChI is InChI=1S/C20H28O6/c1-10-11-4-5-12-18-7-3-6-17(2,8-21)13(18)16(24)20(25,26-9-18)19(12,14(10)22)15(11)23/h11-13,15-16,21,23-25H,1,3-9H2,2H3/t11-,12-,13+,15-,16-,17-,18?,19-,20?/m0/s1. The lowest BCUT2D eigenvalue weighted by molar-refractivity contribution is -0.450. The Morgan fingerprint density at radius 3 is 2.65 bits per heavy atom. The minimum absolute atomic E-state index is 0.0852. The van der Waals surface area contributed by atoms with Crippen molar-refractivity contribution in [2.45, 2.75) is 57.0 Å². The van der Waals surface area contributed by atoms with Gasteiger partial charge in [0.25, 0.3) is 0 Å². The number of carbonyl (C=O) groups excluding carboxylic acids is 1. The van der Waals surface area contributed by atoms with E-state index in [1.54, 1.807) is 0 Å². The highest BCUT2D eigenvalue weighted by molar-refractivity contribution is 6.05. The predicted octanol–water partition coefficient (Wildman–Crippen LogP) is 0.377. The predicted molar refractivity (Wildman–Crippen MR) is 90.7 cm³/mol. The zero-order valence-corrected chi connectivity index (χ0v) is 15.1. The number of hydrogen-bond acceptors (Lipinski definition) is 6. The average molecular weight is 364 g/mol. The van der Waals surface area contributed by atoms with Gasteiger partial charge in [-0.1, -0.05) is 19.9 Å². The van der Waals surface area contributed by atoms with E-state index in [-0.39, 0.29) is 36.8 Å². The summed E-state index contributed by atoms with van der Waals surface area (Å²) in [6.45, 7) is 6.03. The minimum Gasteiger partial charge on any atom is -0.396 e. The molecule has 0 radical (unpaired) electrons. The van der Waals surface area contributed by atoms with Gasteiger partial charge in [-0.2, -0.15) is 0 Å². The van der Waals surface area contributed by atoms with Gasteiger partial charge in [0.1, 0.15) is 11.5 Å². The maximum Gasteiger partial charge on any atom is 0.208 e. The Bertz CT molecular complexity index is 706. The van der Waals surface area contributed by atoms with Crippen molar-refractivity contribution in [1.82, 2.24) is 0 Å². The number of ether oxygens (including phenoxy) is 1. The Morgan fingerprint density at radius 2 is 1.96 bits per heavy atom. The molecule has 4 saturated carbocycles. The molecular weight excluding hydrogens is 336 g/mol. The molecular formula is C20H28O6. The quantitative estimate of drug-likeness (QED) is 0.501. The number of hydrogen-bond donors (Lipinski definition) is 4. The molecule has 9 atom stereocenters. The van der Waals surface area contributed by atoms with E-state index in [4.69, 9.17) is 4.74 Å². The first-order valence-electron chi connectivity index (χ1n) is 9.77. The summed E-state index contributed by atoms with van der Waals surface area (Å²) in [5, 5.41) is 44.2. The number of ketones is 1. The molecule has 4 bridgehead atoms. The molecule has 0 aromatic carbocycles. The Hall–Kier alpha value is -0.790. The topological polar surface area (TPSA) is 107 Å². The van der Waals surface area contributed by atoms with Gasteiger partial charge in [-0.15, -0.1) is 0 Å². The second kappa shape index (κ2) is 4.78. The Kier molecular flexibility index (Phi) is 3.19. The average Bonchev–Trinajstić information content (AvgIpc) is 2.73. The van der Waals surface area contributed by atoms with Crippen LogP contribution in [0, 0.1) is 34.0 Å². The van der Waals surface area contributed by atoms with Crippen molar-refractivity contribution >= 4 is 5.78 Å². The summed E-state index contributed by atoms with van der Waals surface area (Å²) < 4.78 is 5.86. The van der Waals surface area contributed by atoms with Crippen LogP contribution in [0.25, 0.3) is 0 Å². The normalized spacial score (nSPS) is 60.7. The van der Waals surface area contributed by atoms with E-state index in [0.717, 1.165) is 19.3 Å². The largest absolute Gasteiger partial charge is 0.396 e. The van der Waals surface area contributed by atoms with Gasteiger partial charge in [-0.05, 0) is 42.6 Å². The van der Waals surface area contributed by atoms with Crippen molar-refractivity contribution < 1.29 is 30.0 Å². The molecule has 2 unspecified atom stereocenters. The van der Waals surface area contributed by atoms with E-state index >= 15 is 0 Å². The van der Waals surface area contributed by atoms with Crippen LogP contribution in [0.4, 0.5) is 0 Å². The van der Waals surface area contributed by atoms with Crippen LogP contribution in [0.5, 0.6) is 0 Å². The van der Waals surface area contributed by atoms with E-state index < -0.39 is 34.2 Å². The Balaban J connectivity index is 1.78. The summed E-state index contributed by atoms with van der Waals surface area (Å²) in [5.74, 6) is -3.49. The zero-order chi connectivity index (χ0) is 18.7. The summed E-state index contributed by atoms with van der Waals surface area (Å²) in [7, 11) is 0. The van der Waals surface area contributed by atoms with Gasteiger partial charge in [-0.25, -0.2) is 0 Å². The van der Waals surface area contributed by atoms with E-state index in [1.807, 2.05) is 6.92 Å². The third-order valence-corrected chi connectivity index (χ3v) is 8.96. The third-order valence-electron chi connectivity index (χ3n) is 8.96. The summed E-state index contributed by atoms with van der Waals surface area (Å²) in [6.07, 6.45) is 1.34. The summed E-state index contributed by atoms with van der Waals surface area (Å²) in [6, 6.07) is 0. The summed E-state index contributed by atoms with van der Waals surface area (Å²) in [4.78, 5) is 13.3. The molecule has 26 heavy (non-hydrogen) atoms. The smallest absolute Gasteiger partial charge is 0.208 e. The van der Waals surface area contributed by atoms with Crippen LogP contribution in [0.3, 0.4) is 0 Å². The molecule has 2 heterocycles.